The number of hydrogen-bond acceptors (Lipinski definition) is 7. The molecule has 3 fully saturated rings. The van der Waals surface area contributed by atoms with Gasteiger partial charge in [-0.15, -0.1) is 0 Å². The van der Waals surface area contributed by atoms with Gasteiger partial charge in [0.1, 0.15) is 12.7 Å². The molecule has 2 heterocycles. The van der Waals surface area contributed by atoms with Gasteiger partial charge in [0.2, 0.25) is 5.60 Å². The van der Waals surface area contributed by atoms with Gasteiger partial charge >= 0.3 is 11.9 Å². The Bertz CT molecular complexity index is 624. The molecule has 1 saturated carbocycles. The van der Waals surface area contributed by atoms with Crippen LogP contribution in [-0.2, 0) is 23.9 Å². The molecule has 126 valence electrons. The van der Waals surface area contributed by atoms with Crippen molar-refractivity contribution in [2.45, 2.75) is 45.0 Å². The Kier molecular flexibility index (Phi) is 3.42. The van der Waals surface area contributed by atoms with Crippen molar-refractivity contribution in [2.75, 3.05) is 6.61 Å². The summed E-state index contributed by atoms with van der Waals surface area (Å²) in [4.78, 5) is 36.0. The normalized spacial score (nSPS) is 46.8. The van der Waals surface area contributed by atoms with E-state index in [0.29, 0.717) is 5.57 Å². The molecule has 23 heavy (non-hydrogen) atoms. The average molecular weight is 324 g/mol. The third kappa shape index (κ3) is 1.64. The molecule has 2 saturated heterocycles. The second-order valence-electron chi connectivity index (χ2n) is 6.27. The molecule has 0 radical (unpaired) electrons. The van der Waals surface area contributed by atoms with E-state index in [0.717, 1.165) is 0 Å². The third-order valence-electron chi connectivity index (χ3n) is 5.63. The predicted octanol–water partition coefficient (Wildman–Crippen LogP) is -0.262. The summed E-state index contributed by atoms with van der Waals surface area (Å²) in [6.07, 6.45) is -1.18. The molecule has 4 rings (SSSR count). The Labute approximate surface area is 133 Å². The topological polar surface area (TPSA) is 110 Å². The van der Waals surface area contributed by atoms with Crippen LogP contribution in [0.15, 0.2) is 11.6 Å². The highest BCUT2D eigenvalue weighted by atomic mass is 16.6. The van der Waals surface area contributed by atoms with E-state index in [2.05, 4.69) is 0 Å². The summed E-state index contributed by atoms with van der Waals surface area (Å²) in [5.41, 5.74) is -2.62. The van der Waals surface area contributed by atoms with Crippen LogP contribution in [0.25, 0.3) is 0 Å². The summed E-state index contributed by atoms with van der Waals surface area (Å²) >= 11 is 0. The first kappa shape index (κ1) is 16.1. The lowest BCUT2D eigenvalue weighted by atomic mass is 9.54. The number of esters is 2. The number of hydrogen-bond donors (Lipinski definition) is 2. The first-order valence-electron chi connectivity index (χ1n) is 7.87. The Balaban J connectivity index is 0.000000753. The highest BCUT2D eigenvalue weighted by Crippen LogP contribution is 2.62. The van der Waals surface area contributed by atoms with E-state index in [1.54, 1.807) is 6.92 Å². The number of ether oxygens (including phenoxy) is 2. The Morgan fingerprint density at radius 3 is 2.57 bits per heavy atom. The predicted molar refractivity (Wildman–Crippen MR) is 75.9 cm³/mol. The number of ketones is 1. The van der Waals surface area contributed by atoms with E-state index in [9.17, 15) is 24.6 Å². The second kappa shape index (κ2) is 4.88. The molecule has 2 bridgehead atoms. The minimum atomic E-state index is -1.96. The van der Waals surface area contributed by atoms with Crippen molar-refractivity contribution in [1.82, 2.24) is 0 Å². The van der Waals surface area contributed by atoms with E-state index >= 15 is 0 Å². The van der Waals surface area contributed by atoms with Gasteiger partial charge in [-0.1, -0.05) is 20.8 Å². The smallest absolute Gasteiger partial charge is 0.342 e. The van der Waals surface area contributed by atoms with E-state index < -0.39 is 47.0 Å². The molecule has 4 aliphatic rings. The van der Waals surface area contributed by atoms with Crippen LogP contribution >= 0.6 is 0 Å². The van der Waals surface area contributed by atoms with Gasteiger partial charge in [0.15, 0.2) is 11.9 Å². The maximum Gasteiger partial charge on any atom is 0.342 e. The van der Waals surface area contributed by atoms with Gasteiger partial charge in [-0.3, -0.25) is 4.79 Å². The fraction of sp³-hybridized carbons (Fsp3) is 0.688. The molecule has 0 aromatic carbocycles. The summed E-state index contributed by atoms with van der Waals surface area (Å²) in [5.74, 6) is -3.34. The van der Waals surface area contributed by atoms with E-state index in [4.69, 9.17) is 9.47 Å². The summed E-state index contributed by atoms with van der Waals surface area (Å²) in [6, 6.07) is 0. The van der Waals surface area contributed by atoms with Crippen LogP contribution in [0.3, 0.4) is 0 Å². The van der Waals surface area contributed by atoms with Gasteiger partial charge in [0, 0.05) is 17.8 Å². The van der Waals surface area contributed by atoms with Crippen LogP contribution < -0.4 is 0 Å². The Hall–Kier alpha value is -1.73. The summed E-state index contributed by atoms with van der Waals surface area (Å²) < 4.78 is 10.0. The molecule has 6 atom stereocenters. The minimum absolute atomic E-state index is 0.0424. The van der Waals surface area contributed by atoms with Gasteiger partial charge in [0.05, 0.1) is 5.92 Å². The third-order valence-corrected chi connectivity index (χ3v) is 5.63. The monoisotopic (exact) mass is 324 g/mol. The number of aliphatic hydroxyl groups excluding tert-OH is 1. The fourth-order valence-corrected chi connectivity index (χ4v) is 4.38. The minimum Gasteiger partial charge on any atom is -0.463 e. The molecule has 7 nitrogen and oxygen atoms in total. The van der Waals surface area contributed by atoms with Crippen molar-refractivity contribution in [3.05, 3.63) is 11.6 Å². The summed E-state index contributed by atoms with van der Waals surface area (Å²) in [7, 11) is 0. The number of allylic oxidation sites excluding steroid dienone is 1. The van der Waals surface area contributed by atoms with E-state index in [-0.39, 0.29) is 18.8 Å². The molecular formula is C16H20O7. The second-order valence-corrected chi connectivity index (χ2v) is 6.27. The van der Waals surface area contributed by atoms with Crippen molar-refractivity contribution in [3.63, 3.8) is 0 Å². The number of rotatable bonds is 0. The Morgan fingerprint density at radius 1 is 1.26 bits per heavy atom. The lowest BCUT2D eigenvalue weighted by Crippen LogP contribution is -2.68. The zero-order valence-electron chi connectivity index (χ0n) is 13.2. The Morgan fingerprint density at radius 2 is 1.91 bits per heavy atom. The molecule has 0 amide bonds. The molecule has 1 spiro atoms. The van der Waals surface area contributed by atoms with Crippen LogP contribution in [0.1, 0.15) is 27.2 Å². The van der Waals surface area contributed by atoms with Gasteiger partial charge < -0.3 is 19.7 Å². The van der Waals surface area contributed by atoms with Crippen LogP contribution in [0.2, 0.25) is 0 Å². The summed E-state index contributed by atoms with van der Waals surface area (Å²) in [5, 5.41) is 21.1. The number of carbonyl (C=O) groups excluding carboxylic acids is 3. The number of aliphatic hydroxyl groups is 2. The quantitative estimate of drug-likeness (QED) is 0.591. The number of carbonyl (C=O) groups is 3. The molecule has 2 aliphatic heterocycles. The molecule has 0 aromatic rings. The first-order valence-corrected chi connectivity index (χ1v) is 7.87. The maximum atomic E-state index is 12.1. The maximum absolute atomic E-state index is 12.1. The molecule has 2 unspecified atom stereocenters. The largest absolute Gasteiger partial charge is 0.463 e. The number of fused-ring (bicyclic) bond motifs is 4. The molecule has 0 aromatic heterocycles. The number of cyclic esters (lactones) is 1. The fourth-order valence-electron chi connectivity index (χ4n) is 4.38. The zero-order valence-corrected chi connectivity index (χ0v) is 13.2. The van der Waals surface area contributed by atoms with Gasteiger partial charge in [-0.2, -0.15) is 0 Å². The molecular weight excluding hydrogens is 304 g/mol. The van der Waals surface area contributed by atoms with Crippen molar-refractivity contribution in [1.29, 1.82) is 0 Å². The van der Waals surface area contributed by atoms with Crippen molar-refractivity contribution in [3.8, 4) is 0 Å². The zero-order chi connectivity index (χ0) is 17.2. The molecule has 2 aliphatic carbocycles. The van der Waals surface area contributed by atoms with E-state index in [1.165, 1.54) is 6.08 Å². The van der Waals surface area contributed by atoms with Crippen molar-refractivity contribution in [2.24, 2.45) is 17.3 Å². The molecule has 2 N–H and O–H groups in total. The van der Waals surface area contributed by atoms with Crippen LogP contribution in [0, 0.1) is 17.3 Å². The highest BCUT2D eigenvalue weighted by Gasteiger charge is 2.74. The average Bonchev–Trinajstić information content (AvgIpc) is 2.97. The highest BCUT2D eigenvalue weighted by molar-refractivity contribution is 6.00. The lowest BCUT2D eigenvalue weighted by molar-refractivity contribution is -0.222. The molecule has 7 heteroatoms. The van der Waals surface area contributed by atoms with Gasteiger partial charge in [0.25, 0.3) is 0 Å². The van der Waals surface area contributed by atoms with E-state index in [1.807, 2.05) is 13.8 Å². The SMILES string of the molecule is CC.C[C@H]1C(=O)C=C2[C@@H]3COC(=O)[C@]3(O)[C@H]3CC21C(O)C(=O)O3. The van der Waals surface area contributed by atoms with Gasteiger partial charge in [-0.05, 0) is 11.6 Å². The van der Waals surface area contributed by atoms with Crippen LogP contribution in [0.4, 0.5) is 0 Å². The van der Waals surface area contributed by atoms with Crippen LogP contribution in [0.5, 0.6) is 0 Å². The lowest BCUT2D eigenvalue weighted by Gasteiger charge is -2.54. The first-order chi connectivity index (χ1) is 10.8. The van der Waals surface area contributed by atoms with Crippen molar-refractivity contribution < 1.29 is 34.1 Å². The van der Waals surface area contributed by atoms with Crippen molar-refractivity contribution >= 4 is 17.7 Å². The van der Waals surface area contributed by atoms with Gasteiger partial charge in [-0.25, -0.2) is 9.59 Å². The summed E-state index contributed by atoms with van der Waals surface area (Å²) in [6.45, 7) is 5.57. The standard InChI is InChI=1S/C14H14O7.C2H6/c1-5-8(15)2-6-7-4-20-12(18)14(7,19)9-3-13(5,6)10(16)11(17)21-9;1-2/h2,5,7,9-10,16,19H,3-4H2,1H3;1-2H3/t5-,7-,9+,10?,13?,14+;/m0./s1. The van der Waals surface area contributed by atoms with Crippen LogP contribution in [-0.4, -0.2) is 52.4 Å².